The Bertz CT molecular complexity index is 1380. The number of amides is 3. The fraction of sp³-hybridized carbons (Fsp3) is 0.483. The third-order valence-electron chi connectivity index (χ3n) is 9.06. The average Bonchev–Trinajstić information content (AvgIpc) is 3.56. The van der Waals surface area contributed by atoms with Crippen molar-refractivity contribution in [2.75, 3.05) is 30.0 Å². The molecule has 2 aromatic rings. The van der Waals surface area contributed by atoms with Crippen LogP contribution in [0.25, 0.3) is 0 Å². The molecule has 0 saturated carbocycles. The quantitative estimate of drug-likeness (QED) is 0.476. The molecule has 3 N–H and O–H groups in total. The number of carbonyl (C=O) groups is 3. The Morgan fingerprint density at radius 2 is 1.93 bits per heavy atom. The summed E-state index contributed by atoms with van der Waals surface area (Å²) in [5.41, 5.74) is 2.12. The van der Waals surface area contributed by atoms with Crippen LogP contribution in [0.1, 0.15) is 30.0 Å². The van der Waals surface area contributed by atoms with Crippen molar-refractivity contribution in [3.8, 4) is 0 Å². The van der Waals surface area contributed by atoms with Gasteiger partial charge in [0.2, 0.25) is 5.91 Å². The van der Waals surface area contributed by atoms with Crippen LogP contribution in [0.4, 0.5) is 16.2 Å². The number of aliphatic hydroxyl groups excluding tert-OH is 1. The highest BCUT2D eigenvalue weighted by molar-refractivity contribution is 6.71. The van der Waals surface area contributed by atoms with Gasteiger partial charge in [0.25, 0.3) is 5.91 Å². The Balaban J connectivity index is 1.33. The van der Waals surface area contributed by atoms with E-state index >= 15 is 0 Å². The second-order valence-electron chi connectivity index (χ2n) is 11.8. The number of hydrogen-bond acceptors (Lipinski definition) is 7. The van der Waals surface area contributed by atoms with Crippen molar-refractivity contribution in [2.24, 2.45) is 5.92 Å². The predicted molar refractivity (Wildman–Crippen MR) is 149 cm³/mol. The van der Waals surface area contributed by atoms with Gasteiger partial charge in [-0.15, -0.1) is 0 Å². The van der Waals surface area contributed by atoms with Crippen LogP contribution in [-0.2, 0) is 37.6 Å². The number of benzene rings is 2. The van der Waals surface area contributed by atoms with E-state index in [-0.39, 0.29) is 37.5 Å². The van der Waals surface area contributed by atoms with Gasteiger partial charge in [0.1, 0.15) is 6.61 Å². The van der Waals surface area contributed by atoms with E-state index in [0.29, 0.717) is 36.4 Å². The number of nitrogens with zero attached hydrogens (tertiary/aromatic N) is 2. The summed E-state index contributed by atoms with van der Waals surface area (Å²) in [7, 11) is -2.95. The smallest absolute Gasteiger partial charge is 0.414 e. The molecule has 4 aliphatic heterocycles. The molecule has 11 heteroatoms. The number of ether oxygens (including phenoxy) is 2. The van der Waals surface area contributed by atoms with Crippen LogP contribution in [0, 0.1) is 5.92 Å². The van der Waals surface area contributed by atoms with Crippen LogP contribution in [-0.4, -0.2) is 72.9 Å². The molecule has 4 aliphatic rings. The lowest BCUT2D eigenvalue weighted by Gasteiger charge is -2.37. The first-order chi connectivity index (χ1) is 19.0. The summed E-state index contributed by atoms with van der Waals surface area (Å²) in [5.74, 6) is -0.956. The van der Waals surface area contributed by atoms with Gasteiger partial charge in [-0.05, 0) is 48.8 Å². The molecule has 1 spiro atoms. The number of anilines is 2. The molecule has 6 rings (SSSR count). The minimum Gasteiger partial charge on any atom is -0.447 e. The van der Waals surface area contributed by atoms with Gasteiger partial charge in [-0.3, -0.25) is 14.5 Å². The molecule has 4 heterocycles. The Hall–Kier alpha value is -3.25. The number of rotatable bonds is 5. The van der Waals surface area contributed by atoms with E-state index in [4.69, 9.17) is 9.47 Å². The summed E-state index contributed by atoms with van der Waals surface area (Å²) in [6, 6.07) is 12.9. The summed E-state index contributed by atoms with van der Waals surface area (Å²) in [4.78, 5) is 54.4. The lowest BCUT2D eigenvalue weighted by molar-refractivity contribution is -0.149. The average molecular weight is 566 g/mol. The minimum absolute atomic E-state index is 0.0207. The van der Waals surface area contributed by atoms with Crippen LogP contribution in [0.3, 0.4) is 0 Å². The molecule has 10 nitrogen and oxygen atoms in total. The molecule has 0 aromatic heterocycles. The van der Waals surface area contributed by atoms with Crippen LogP contribution < -0.4 is 10.2 Å². The van der Waals surface area contributed by atoms with E-state index in [1.807, 2.05) is 44.3 Å². The van der Waals surface area contributed by atoms with Gasteiger partial charge in [-0.25, -0.2) is 4.79 Å². The van der Waals surface area contributed by atoms with Crippen LogP contribution in [0.2, 0.25) is 18.6 Å². The van der Waals surface area contributed by atoms with Crippen LogP contribution in [0.5, 0.6) is 0 Å². The van der Waals surface area contributed by atoms with Gasteiger partial charge in [-0.1, -0.05) is 31.2 Å². The summed E-state index contributed by atoms with van der Waals surface area (Å²) in [5, 5.41) is 13.1. The molecule has 40 heavy (non-hydrogen) atoms. The maximum atomic E-state index is 13.8. The highest BCUT2D eigenvalue weighted by Crippen LogP contribution is 2.58. The monoisotopic (exact) mass is 565 g/mol. The number of nitrogens with one attached hydrogen (secondary N) is 1. The van der Waals surface area contributed by atoms with Gasteiger partial charge >= 0.3 is 6.09 Å². The van der Waals surface area contributed by atoms with Crippen molar-refractivity contribution in [3.05, 3.63) is 59.2 Å². The fourth-order valence-electron chi connectivity index (χ4n) is 7.21. The van der Waals surface area contributed by atoms with Crippen molar-refractivity contribution >= 4 is 37.6 Å². The molecule has 2 aromatic carbocycles. The Morgan fingerprint density at radius 3 is 2.60 bits per heavy atom. The second kappa shape index (κ2) is 9.69. The van der Waals surface area contributed by atoms with Crippen molar-refractivity contribution in [1.29, 1.82) is 0 Å². The number of hydrogen-bond donors (Lipinski definition) is 3. The second-order valence-corrected chi connectivity index (χ2v) is 15.8. The molecule has 0 radical (unpaired) electrons. The SMILES string of the molecule is C[C@H]1[C@H]([Si](C)(C)O)[C@@H](CC(=O)N2Cc3ccccc3C[C@H]2CO)O[C@]12C(=O)Nc1ccc(N3CCOC3=O)cc12. The van der Waals surface area contributed by atoms with Crippen molar-refractivity contribution in [3.63, 3.8) is 0 Å². The maximum absolute atomic E-state index is 13.8. The largest absolute Gasteiger partial charge is 0.447 e. The molecule has 2 fully saturated rings. The van der Waals surface area contributed by atoms with Crippen LogP contribution in [0.15, 0.2) is 42.5 Å². The van der Waals surface area contributed by atoms with Gasteiger partial charge in [-0.2, -0.15) is 0 Å². The summed E-state index contributed by atoms with van der Waals surface area (Å²) >= 11 is 0. The highest BCUT2D eigenvalue weighted by atomic mass is 28.4. The lowest BCUT2D eigenvalue weighted by Crippen LogP contribution is -2.48. The Morgan fingerprint density at radius 1 is 1.18 bits per heavy atom. The van der Waals surface area contributed by atoms with E-state index in [9.17, 15) is 24.3 Å². The first-order valence-electron chi connectivity index (χ1n) is 13.8. The van der Waals surface area contributed by atoms with Crippen molar-refractivity contribution in [2.45, 2.75) is 62.7 Å². The standard InChI is InChI=1S/C29H35N3O7Si/c1-17-26(40(2,3)37)24(14-25(34)32-15-19-7-5-4-6-18(19)12-21(32)16-33)39-29(17)22-13-20(31-10-11-38-28(31)36)8-9-23(22)30-27(29)35/h4-9,13,17,21,24,26,33,37H,10-12,14-16H2,1-3H3,(H,30,35)/t17-,21-,24+,26-,29+/m0/s1. The third-order valence-corrected chi connectivity index (χ3v) is 11.6. The normalized spacial score (nSPS) is 29.4. The molecule has 212 valence electrons. The number of aliphatic hydroxyl groups is 1. The first kappa shape index (κ1) is 26.9. The topological polar surface area (TPSA) is 129 Å². The zero-order valence-electron chi connectivity index (χ0n) is 22.9. The van der Waals surface area contributed by atoms with Crippen molar-refractivity contribution in [1.82, 2.24) is 4.90 Å². The first-order valence-corrected chi connectivity index (χ1v) is 16.8. The van der Waals surface area contributed by atoms with E-state index in [2.05, 4.69) is 5.32 Å². The molecule has 0 bridgehead atoms. The fourth-order valence-corrected chi connectivity index (χ4v) is 9.77. The zero-order valence-corrected chi connectivity index (χ0v) is 23.9. The molecule has 2 saturated heterocycles. The molecule has 0 aliphatic carbocycles. The Labute approximate surface area is 234 Å². The molecule has 5 atom stereocenters. The number of cyclic esters (lactones) is 1. The molecule has 0 unspecified atom stereocenters. The number of fused-ring (bicyclic) bond motifs is 3. The van der Waals surface area contributed by atoms with Gasteiger partial charge < -0.3 is 29.6 Å². The summed E-state index contributed by atoms with van der Waals surface area (Å²) in [6.45, 7) is 6.45. The summed E-state index contributed by atoms with van der Waals surface area (Å²) < 4.78 is 11.8. The maximum Gasteiger partial charge on any atom is 0.414 e. The summed E-state index contributed by atoms with van der Waals surface area (Å²) in [6.07, 6.45) is -0.611. The minimum atomic E-state index is -2.95. The third kappa shape index (κ3) is 4.14. The van der Waals surface area contributed by atoms with Crippen molar-refractivity contribution < 1.29 is 33.8 Å². The van der Waals surface area contributed by atoms with Gasteiger partial charge in [0.15, 0.2) is 13.9 Å². The number of carbonyl (C=O) groups excluding carboxylic acids is 3. The van der Waals surface area contributed by atoms with Crippen LogP contribution >= 0.6 is 0 Å². The van der Waals surface area contributed by atoms with Gasteiger partial charge in [0, 0.05) is 34.9 Å². The van der Waals surface area contributed by atoms with E-state index in [0.717, 1.165) is 11.1 Å². The van der Waals surface area contributed by atoms with E-state index < -0.39 is 37.6 Å². The Kier molecular flexibility index (Phi) is 6.53. The molecular weight excluding hydrogens is 530 g/mol. The predicted octanol–water partition coefficient (Wildman–Crippen LogP) is 2.73. The lowest BCUT2D eigenvalue weighted by atomic mass is 9.82. The highest BCUT2D eigenvalue weighted by Gasteiger charge is 2.65. The van der Waals surface area contributed by atoms with E-state index in [1.54, 1.807) is 23.1 Å². The van der Waals surface area contributed by atoms with E-state index in [1.165, 1.54) is 4.90 Å². The molecular formula is C29H35N3O7Si. The zero-order chi connectivity index (χ0) is 28.4. The molecule has 3 amide bonds. The van der Waals surface area contributed by atoms with Gasteiger partial charge in [0.05, 0.1) is 31.7 Å².